The SMILES string of the molecule is CCS(=O)(=O)N1CCN(C(=O)c2cn(-c3ccccc3)nc2-c2ccccc2)CC1. The quantitative estimate of drug-likeness (QED) is 0.631. The van der Waals surface area contributed by atoms with Crippen LogP contribution in [-0.4, -0.2) is 65.2 Å². The number of sulfonamides is 1. The van der Waals surface area contributed by atoms with Crippen molar-refractivity contribution < 1.29 is 13.2 Å². The molecule has 0 atom stereocenters. The standard InChI is InChI=1S/C22H24N4O3S/c1-2-30(28,29)25-15-13-24(14-16-25)22(27)20-17-26(19-11-7-4-8-12-19)23-21(20)18-9-5-3-6-10-18/h3-12,17H,2,13-16H2,1H3. The molecule has 156 valence electrons. The van der Waals surface area contributed by atoms with E-state index in [2.05, 4.69) is 0 Å². The van der Waals surface area contributed by atoms with Crippen LogP contribution in [0.2, 0.25) is 0 Å². The molecule has 1 fully saturated rings. The second kappa shape index (κ2) is 8.41. The number of para-hydroxylation sites is 1. The van der Waals surface area contributed by atoms with Crippen molar-refractivity contribution in [2.45, 2.75) is 6.92 Å². The van der Waals surface area contributed by atoms with Crippen molar-refractivity contribution in [3.05, 3.63) is 72.4 Å². The Bertz CT molecular complexity index is 1120. The van der Waals surface area contributed by atoms with E-state index >= 15 is 0 Å². The molecule has 0 aliphatic carbocycles. The first-order valence-electron chi connectivity index (χ1n) is 9.97. The molecule has 0 radical (unpaired) electrons. The van der Waals surface area contributed by atoms with E-state index in [9.17, 15) is 13.2 Å². The Kier molecular flexibility index (Phi) is 5.69. The van der Waals surface area contributed by atoms with Gasteiger partial charge in [-0.15, -0.1) is 0 Å². The van der Waals surface area contributed by atoms with Crippen LogP contribution in [-0.2, 0) is 10.0 Å². The summed E-state index contributed by atoms with van der Waals surface area (Å²) in [5.41, 5.74) is 2.86. The summed E-state index contributed by atoms with van der Waals surface area (Å²) in [4.78, 5) is 15.1. The fourth-order valence-corrected chi connectivity index (χ4v) is 4.66. The maximum atomic E-state index is 13.4. The number of benzene rings is 2. The minimum absolute atomic E-state index is 0.0724. The lowest BCUT2D eigenvalue weighted by Gasteiger charge is -2.33. The first kappa shape index (κ1) is 20.3. The van der Waals surface area contributed by atoms with Gasteiger partial charge in [0.1, 0.15) is 5.69 Å². The van der Waals surface area contributed by atoms with Gasteiger partial charge < -0.3 is 4.90 Å². The summed E-state index contributed by atoms with van der Waals surface area (Å²) in [6.45, 7) is 2.99. The van der Waals surface area contributed by atoms with E-state index in [0.717, 1.165) is 11.3 Å². The molecule has 8 heteroatoms. The molecular formula is C22H24N4O3S. The molecule has 0 spiro atoms. The van der Waals surface area contributed by atoms with E-state index in [-0.39, 0.29) is 11.7 Å². The topological polar surface area (TPSA) is 75.5 Å². The fraction of sp³-hybridized carbons (Fsp3) is 0.273. The number of carbonyl (C=O) groups excluding carboxylic acids is 1. The zero-order valence-corrected chi connectivity index (χ0v) is 17.6. The van der Waals surface area contributed by atoms with Crippen LogP contribution in [0.4, 0.5) is 0 Å². The van der Waals surface area contributed by atoms with Gasteiger partial charge in [0.05, 0.1) is 17.0 Å². The Morgan fingerprint density at radius 2 is 1.53 bits per heavy atom. The average Bonchev–Trinajstić information content (AvgIpc) is 3.25. The summed E-state index contributed by atoms with van der Waals surface area (Å²) >= 11 is 0. The summed E-state index contributed by atoms with van der Waals surface area (Å²) in [7, 11) is -3.24. The minimum atomic E-state index is -3.24. The van der Waals surface area contributed by atoms with Crippen molar-refractivity contribution in [1.29, 1.82) is 0 Å². The van der Waals surface area contributed by atoms with Crippen molar-refractivity contribution in [2.24, 2.45) is 0 Å². The molecule has 0 bridgehead atoms. The van der Waals surface area contributed by atoms with Crippen LogP contribution in [0.1, 0.15) is 17.3 Å². The maximum absolute atomic E-state index is 13.4. The highest BCUT2D eigenvalue weighted by molar-refractivity contribution is 7.89. The molecule has 1 amide bonds. The molecule has 1 aliphatic heterocycles. The number of piperazine rings is 1. The molecule has 0 saturated carbocycles. The fourth-order valence-electron chi connectivity index (χ4n) is 3.57. The van der Waals surface area contributed by atoms with Gasteiger partial charge in [-0.05, 0) is 19.1 Å². The second-order valence-corrected chi connectivity index (χ2v) is 9.39. The molecule has 3 aromatic rings. The lowest BCUT2D eigenvalue weighted by molar-refractivity contribution is 0.0698. The molecule has 7 nitrogen and oxygen atoms in total. The minimum Gasteiger partial charge on any atom is -0.336 e. The van der Waals surface area contributed by atoms with Crippen LogP contribution in [0.5, 0.6) is 0 Å². The van der Waals surface area contributed by atoms with Crippen LogP contribution in [0.3, 0.4) is 0 Å². The molecule has 4 rings (SSSR count). The number of carbonyl (C=O) groups is 1. The van der Waals surface area contributed by atoms with E-state index in [1.165, 1.54) is 4.31 Å². The number of nitrogens with zero attached hydrogens (tertiary/aromatic N) is 4. The Hall–Kier alpha value is -2.97. The molecule has 1 aromatic heterocycles. The Morgan fingerprint density at radius 1 is 0.933 bits per heavy atom. The van der Waals surface area contributed by atoms with E-state index < -0.39 is 10.0 Å². The molecule has 2 aromatic carbocycles. The summed E-state index contributed by atoms with van der Waals surface area (Å²) in [6.07, 6.45) is 1.76. The van der Waals surface area contributed by atoms with E-state index in [1.807, 2.05) is 60.7 Å². The van der Waals surface area contributed by atoms with Gasteiger partial charge >= 0.3 is 0 Å². The van der Waals surface area contributed by atoms with E-state index in [4.69, 9.17) is 5.10 Å². The zero-order chi connectivity index (χ0) is 21.1. The molecular weight excluding hydrogens is 400 g/mol. The summed E-state index contributed by atoms with van der Waals surface area (Å²) < 4.78 is 27.4. The lowest BCUT2D eigenvalue weighted by Crippen LogP contribution is -2.50. The molecule has 0 unspecified atom stereocenters. The molecule has 0 N–H and O–H groups in total. The molecule has 2 heterocycles. The highest BCUT2D eigenvalue weighted by Crippen LogP contribution is 2.25. The van der Waals surface area contributed by atoms with Gasteiger partial charge in [0, 0.05) is 37.9 Å². The van der Waals surface area contributed by atoms with Crippen LogP contribution in [0.15, 0.2) is 66.9 Å². The third kappa shape index (κ3) is 4.01. The van der Waals surface area contributed by atoms with Crippen LogP contribution >= 0.6 is 0 Å². The Balaban J connectivity index is 1.65. The average molecular weight is 425 g/mol. The normalized spacial score (nSPS) is 15.3. The van der Waals surface area contributed by atoms with Crippen molar-refractivity contribution >= 4 is 15.9 Å². The van der Waals surface area contributed by atoms with Gasteiger partial charge in [-0.2, -0.15) is 9.40 Å². The van der Waals surface area contributed by atoms with Gasteiger partial charge in [0.15, 0.2) is 0 Å². The lowest BCUT2D eigenvalue weighted by atomic mass is 10.1. The van der Waals surface area contributed by atoms with E-state index in [0.29, 0.717) is 37.4 Å². The van der Waals surface area contributed by atoms with Crippen molar-refractivity contribution in [3.8, 4) is 16.9 Å². The predicted octanol–water partition coefficient (Wildman–Crippen LogP) is 2.65. The van der Waals surface area contributed by atoms with E-state index in [1.54, 1.807) is 22.7 Å². The van der Waals surface area contributed by atoms with Gasteiger partial charge in [0.2, 0.25) is 10.0 Å². The third-order valence-electron chi connectivity index (χ3n) is 5.30. The summed E-state index contributed by atoms with van der Waals surface area (Å²) in [5, 5.41) is 4.70. The number of hydrogen-bond acceptors (Lipinski definition) is 4. The van der Waals surface area contributed by atoms with Crippen LogP contribution < -0.4 is 0 Å². The first-order chi connectivity index (χ1) is 14.5. The molecule has 30 heavy (non-hydrogen) atoms. The zero-order valence-electron chi connectivity index (χ0n) is 16.8. The predicted molar refractivity (Wildman–Crippen MR) is 116 cm³/mol. The third-order valence-corrected chi connectivity index (χ3v) is 7.18. The van der Waals surface area contributed by atoms with Crippen molar-refractivity contribution in [2.75, 3.05) is 31.9 Å². The maximum Gasteiger partial charge on any atom is 0.257 e. The number of rotatable bonds is 5. The number of aromatic nitrogens is 2. The number of amides is 1. The highest BCUT2D eigenvalue weighted by atomic mass is 32.2. The van der Waals surface area contributed by atoms with Gasteiger partial charge in [-0.1, -0.05) is 48.5 Å². The van der Waals surface area contributed by atoms with Crippen molar-refractivity contribution in [1.82, 2.24) is 19.0 Å². The molecule has 1 saturated heterocycles. The van der Waals surface area contributed by atoms with Gasteiger partial charge in [0.25, 0.3) is 5.91 Å². The van der Waals surface area contributed by atoms with Crippen LogP contribution in [0, 0.1) is 0 Å². The number of hydrogen-bond donors (Lipinski definition) is 0. The largest absolute Gasteiger partial charge is 0.336 e. The van der Waals surface area contributed by atoms with Gasteiger partial charge in [-0.25, -0.2) is 13.1 Å². The Labute approximate surface area is 176 Å². The smallest absolute Gasteiger partial charge is 0.257 e. The van der Waals surface area contributed by atoms with Gasteiger partial charge in [-0.3, -0.25) is 4.79 Å². The monoisotopic (exact) mass is 424 g/mol. The second-order valence-electron chi connectivity index (χ2n) is 7.13. The summed E-state index contributed by atoms with van der Waals surface area (Å²) in [6, 6.07) is 19.3. The first-order valence-corrected chi connectivity index (χ1v) is 11.6. The van der Waals surface area contributed by atoms with Crippen molar-refractivity contribution in [3.63, 3.8) is 0 Å². The summed E-state index contributed by atoms with van der Waals surface area (Å²) in [5.74, 6) is -0.0623. The van der Waals surface area contributed by atoms with Crippen LogP contribution in [0.25, 0.3) is 16.9 Å². The highest BCUT2D eigenvalue weighted by Gasteiger charge is 2.30. The Morgan fingerprint density at radius 3 is 2.13 bits per heavy atom. The molecule has 1 aliphatic rings.